The van der Waals surface area contributed by atoms with Gasteiger partial charge in [-0.25, -0.2) is 0 Å². The van der Waals surface area contributed by atoms with E-state index in [4.69, 9.17) is 9.15 Å². The molecule has 21 heavy (non-hydrogen) atoms. The molecule has 0 radical (unpaired) electrons. The average Bonchev–Trinajstić information content (AvgIpc) is 2.71. The van der Waals surface area contributed by atoms with Crippen molar-refractivity contribution in [3.63, 3.8) is 0 Å². The van der Waals surface area contributed by atoms with Crippen LogP contribution in [0.5, 0.6) is 0 Å². The van der Waals surface area contributed by atoms with Crippen molar-refractivity contribution in [3.8, 4) is 0 Å². The first-order valence-electron chi connectivity index (χ1n) is 6.95. The minimum Gasteiger partial charge on any atom is -0.466 e. The Bertz CT molecular complexity index is 643. The van der Waals surface area contributed by atoms with Crippen molar-refractivity contribution in [3.05, 3.63) is 58.0 Å². The van der Waals surface area contributed by atoms with E-state index >= 15 is 0 Å². The van der Waals surface area contributed by atoms with Gasteiger partial charge in [0.05, 0.1) is 12.2 Å². The predicted octanol–water partition coefficient (Wildman–Crippen LogP) is 3.28. The van der Waals surface area contributed by atoms with E-state index in [9.17, 15) is 4.79 Å². The maximum absolute atomic E-state index is 12.3. The minimum absolute atomic E-state index is 0.103. The van der Waals surface area contributed by atoms with Crippen LogP contribution in [-0.4, -0.2) is 13.0 Å². The summed E-state index contributed by atoms with van der Waals surface area (Å²) in [5, 5.41) is 2.95. The number of rotatable bonds is 5. The van der Waals surface area contributed by atoms with Crippen molar-refractivity contribution in [2.45, 2.75) is 33.9 Å². The van der Waals surface area contributed by atoms with Crippen LogP contribution in [0.15, 0.2) is 28.7 Å². The maximum atomic E-state index is 12.3. The number of benzene rings is 1. The van der Waals surface area contributed by atoms with E-state index in [1.54, 1.807) is 7.11 Å². The van der Waals surface area contributed by atoms with Crippen molar-refractivity contribution in [1.29, 1.82) is 0 Å². The first-order valence-corrected chi connectivity index (χ1v) is 6.95. The molecule has 0 aliphatic rings. The van der Waals surface area contributed by atoms with Gasteiger partial charge < -0.3 is 14.5 Å². The lowest BCUT2D eigenvalue weighted by molar-refractivity contribution is 0.0948. The van der Waals surface area contributed by atoms with Crippen molar-refractivity contribution in [2.24, 2.45) is 0 Å². The van der Waals surface area contributed by atoms with Gasteiger partial charge in [0.15, 0.2) is 0 Å². The summed E-state index contributed by atoms with van der Waals surface area (Å²) in [5.41, 5.74) is 3.67. The molecule has 1 aromatic carbocycles. The molecule has 0 saturated heterocycles. The number of methoxy groups -OCH3 is 1. The van der Waals surface area contributed by atoms with Gasteiger partial charge in [0.25, 0.3) is 5.91 Å². The Morgan fingerprint density at radius 3 is 2.38 bits per heavy atom. The highest BCUT2D eigenvalue weighted by Gasteiger charge is 2.18. The number of ether oxygens (including phenoxy) is 1. The van der Waals surface area contributed by atoms with Crippen LogP contribution >= 0.6 is 0 Å². The molecule has 1 heterocycles. The van der Waals surface area contributed by atoms with Crippen molar-refractivity contribution in [2.75, 3.05) is 7.11 Å². The average molecular weight is 287 g/mol. The molecule has 1 N–H and O–H groups in total. The van der Waals surface area contributed by atoms with Crippen LogP contribution in [-0.2, 0) is 17.9 Å². The first kappa shape index (κ1) is 15.3. The van der Waals surface area contributed by atoms with Gasteiger partial charge in [-0.2, -0.15) is 0 Å². The number of hydrogen-bond acceptors (Lipinski definition) is 3. The zero-order chi connectivity index (χ0) is 15.4. The Morgan fingerprint density at radius 1 is 1.14 bits per heavy atom. The summed E-state index contributed by atoms with van der Waals surface area (Å²) >= 11 is 0. The second kappa shape index (κ2) is 6.59. The summed E-state index contributed by atoms with van der Waals surface area (Å²) in [4.78, 5) is 12.3. The lowest BCUT2D eigenvalue weighted by Gasteiger charge is -2.10. The molecule has 1 aromatic heterocycles. The predicted molar refractivity (Wildman–Crippen MR) is 81.2 cm³/mol. The quantitative estimate of drug-likeness (QED) is 0.918. The number of carbonyl (C=O) groups excluding carboxylic acids is 1. The third-order valence-electron chi connectivity index (χ3n) is 3.65. The molecular formula is C17H21NO3. The number of furan rings is 1. The molecule has 0 saturated carbocycles. The fourth-order valence-corrected chi connectivity index (χ4v) is 2.42. The van der Waals surface area contributed by atoms with Gasteiger partial charge in [-0.15, -0.1) is 0 Å². The van der Waals surface area contributed by atoms with E-state index in [0.717, 1.165) is 22.5 Å². The summed E-state index contributed by atoms with van der Waals surface area (Å²) in [5.74, 6) is 1.35. The Morgan fingerprint density at radius 2 is 1.81 bits per heavy atom. The molecule has 4 heteroatoms. The number of carbonyl (C=O) groups is 1. The summed E-state index contributed by atoms with van der Waals surface area (Å²) in [6.07, 6.45) is 0. The van der Waals surface area contributed by atoms with Gasteiger partial charge in [-0.1, -0.05) is 24.3 Å². The zero-order valence-corrected chi connectivity index (χ0v) is 12.9. The summed E-state index contributed by atoms with van der Waals surface area (Å²) in [6.45, 7) is 6.59. The number of nitrogens with one attached hydrogen (secondary N) is 1. The van der Waals surface area contributed by atoms with E-state index < -0.39 is 0 Å². The zero-order valence-electron chi connectivity index (χ0n) is 12.9. The Labute approximate surface area is 125 Å². The fourth-order valence-electron chi connectivity index (χ4n) is 2.42. The Balaban J connectivity index is 2.11. The summed E-state index contributed by atoms with van der Waals surface area (Å²) in [7, 11) is 1.66. The maximum Gasteiger partial charge on any atom is 0.255 e. The van der Waals surface area contributed by atoms with E-state index in [-0.39, 0.29) is 5.91 Å². The third-order valence-corrected chi connectivity index (χ3v) is 3.65. The molecular weight excluding hydrogens is 266 g/mol. The number of hydrogen-bond donors (Lipinski definition) is 1. The highest BCUT2D eigenvalue weighted by Crippen LogP contribution is 2.20. The van der Waals surface area contributed by atoms with Gasteiger partial charge in [-0.05, 0) is 31.9 Å². The van der Waals surface area contributed by atoms with Gasteiger partial charge in [0, 0.05) is 19.2 Å². The van der Waals surface area contributed by atoms with Crippen LogP contribution in [0.4, 0.5) is 0 Å². The molecule has 4 nitrogen and oxygen atoms in total. The molecule has 0 unspecified atom stereocenters. The Hall–Kier alpha value is -2.07. The van der Waals surface area contributed by atoms with Crippen LogP contribution in [0, 0.1) is 20.8 Å². The monoisotopic (exact) mass is 287 g/mol. The van der Waals surface area contributed by atoms with Gasteiger partial charge in [-0.3, -0.25) is 4.79 Å². The molecule has 112 valence electrons. The molecule has 0 fully saturated rings. The van der Waals surface area contributed by atoms with Gasteiger partial charge in [0.2, 0.25) is 0 Å². The second-order valence-electron chi connectivity index (χ2n) is 5.10. The third kappa shape index (κ3) is 3.34. The lowest BCUT2D eigenvalue weighted by Crippen LogP contribution is -2.24. The minimum atomic E-state index is -0.103. The molecule has 1 amide bonds. The molecule has 2 aromatic rings. The van der Waals surface area contributed by atoms with E-state index in [1.165, 1.54) is 0 Å². The van der Waals surface area contributed by atoms with E-state index in [1.807, 2.05) is 45.0 Å². The topological polar surface area (TPSA) is 51.5 Å². The number of amides is 1. The SMILES string of the molecule is COCc1ccccc1CNC(=O)c1c(C)oc(C)c1C. The van der Waals surface area contributed by atoms with Crippen LogP contribution in [0.1, 0.15) is 38.6 Å². The highest BCUT2D eigenvalue weighted by molar-refractivity contribution is 5.96. The smallest absolute Gasteiger partial charge is 0.255 e. The fraction of sp³-hybridized carbons (Fsp3) is 0.353. The number of aryl methyl sites for hydroxylation is 2. The molecule has 0 aliphatic heterocycles. The van der Waals surface area contributed by atoms with Crippen molar-refractivity contribution in [1.82, 2.24) is 5.32 Å². The first-order chi connectivity index (χ1) is 10.0. The molecule has 0 aliphatic carbocycles. The summed E-state index contributed by atoms with van der Waals surface area (Å²) < 4.78 is 10.7. The largest absolute Gasteiger partial charge is 0.466 e. The molecule has 0 spiro atoms. The molecule has 2 rings (SSSR count). The van der Waals surface area contributed by atoms with Crippen molar-refractivity contribution < 1.29 is 13.9 Å². The Kier molecular flexibility index (Phi) is 4.81. The molecule has 0 atom stereocenters. The lowest BCUT2D eigenvalue weighted by atomic mass is 10.1. The van der Waals surface area contributed by atoms with Crippen LogP contribution in [0.25, 0.3) is 0 Å². The van der Waals surface area contributed by atoms with Crippen LogP contribution in [0.2, 0.25) is 0 Å². The highest BCUT2D eigenvalue weighted by atomic mass is 16.5. The van der Waals surface area contributed by atoms with Crippen LogP contribution < -0.4 is 5.32 Å². The van der Waals surface area contributed by atoms with Crippen molar-refractivity contribution >= 4 is 5.91 Å². The van der Waals surface area contributed by atoms with Crippen LogP contribution in [0.3, 0.4) is 0 Å². The van der Waals surface area contributed by atoms with E-state index in [2.05, 4.69) is 5.32 Å². The second-order valence-corrected chi connectivity index (χ2v) is 5.10. The normalized spacial score (nSPS) is 10.7. The van der Waals surface area contributed by atoms with E-state index in [0.29, 0.717) is 24.5 Å². The standard InChI is InChI=1S/C17H21NO3/c1-11-12(2)21-13(3)16(11)17(19)18-9-14-7-5-6-8-15(14)10-20-4/h5-8H,9-10H2,1-4H3,(H,18,19). The van der Waals surface area contributed by atoms with Gasteiger partial charge in [0.1, 0.15) is 11.5 Å². The molecule has 0 bridgehead atoms. The summed E-state index contributed by atoms with van der Waals surface area (Å²) in [6, 6.07) is 7.92. The van der Waals surface area contributed by atoms with Gasteiger partial charge >= 0.3 is 0 Å².